The summed E-state index contributed by atoms with van der Waals surface area (Å²) in [4.78, 5) is 78.2. The van der Waals surface area contributed by atoms with Crippen molar-refractivity contribution in [3.05, 3.63) is 313 Å². The van der Waals surface area contributed by atoms with Crippen LogP contribution < -0.4 is 18.9 Å². The van der Waals surface area contributed by atoms with E-state index in [0.29, 0.717) is 11.1 Å². The number of aliphatic carboxylic acids is 2. The number of carboxylic acid groups (broad SMARTS) is 2. The van der Waals surface area contributed by atoms with Crippen LogP contribution in [0.25, 0.3) is 33.4 Å². The molecule has 528 valence electrons. The Labute approximate surface area is 625 Å². The van der Waals surface area contributed by atoms with Gasteiger partial charge in [0, 0.05) is 23.7 Å². The molecule has 3 saturated heterocycles. The van der Waals surface area contributed by atoms with Gasteiger partial charge in [-0.05, 0) is 66.8 Å². The molecule has 0 aromatic heterocycles. The minimum Gasteiger partial charge on any atom is -0.870 e. The number of esters is 1. The molecule has 3 fully saturated rings. The molecule has 6 atom stereocenters. The second kappa shape index (κ2) is 38.8. The van der Waals surface area contributed by atoms with Gasteiger partial charge >= 0.3 is 55.0 Å². The number of alkyl halides is 1. The SMILES string of the molecule is C=CCI.C=CCO[C@@]1(c2ccc(-c3ccccc3)cc2)C[C@@H](C(=O)O)N(C(=O)OCc2ccccc2)C1.COC(=O)[C@@H]1C[C@@](O)(c2ccc(-c3ccccc3)cc2)CN1C(=O)OCc1ccccc1.O=C(O)[C@@H]1C[C@@](O)(c2ccc(-c3ccccc3)cc2)CN1C(=O)OCc1ccccc1.[Li+].[OH-]. The van der Waals surface area contributed by atoms with E-state index < -0.39 is 71.1 Å². The molecule has 3 aliphatic heterocycles. The van der Waals surface area contributed by atoms with Crippen molar-refractivity contribution >= 4 is 58.8 Å². The third-order valence-electron chi connectivity index (χ3n) is 17.5. The summed E-state index contributed by atoms with van der Waals surface area (Å²) in [5.74, 6) is -2.85. The molecule has 12 rings (SSSR count). The van der Waals surface area contributed by atoms with Gasteiger partial charge in [-0.1, -0.05) is 290 Å². The van der Waals surface area contributed by atoms with Crippen LogP contribution in [0.3, 0.4) is 0 Å². The van der Waals surface area contributed by atoms with E-state index in [1.165, 1.54) is 16.9 Å². The molecule has 3 heterocycles. The number of hydrogen-bond acceptors (Lipinski definition) is 14. The van der Waals surface area contributed by atoms with Crippen molar-refractivity contribution in [1.82, 2.24) is 14.7 Å². The van der Waals surface area contributed by atoms with Gasteiger partial charge < -0.3 is 49.6 Å². The van der Waals surface area contributed by atoms with E-state index in [2.05, 4.69) is 35.7 Å². The van der Waals surface area contributed by atoms with Crippen LogP contribution in [0, 0.1) is 0 Å². The number of halogens is 1. The maximum absolute atomic E-state index is 12.9. The first kappa shape index (κ1) is 80.2. The standard InChI is InChI=1S/C28H27NO5.C26H25NO5.C25H23NO5.C3H5I.Li.H2O/c1-2-17-34-28(24-15-13-23(14-16-24)22-11-7-4-8-12-22)18-25(26(30)31)29(20-28)27(32)33-19-21-9-5-3-6-10-21;1-31-24(28)23-16-26(30,18-27(23)25(29)32-17-19-8-4-2-5-9-19)22-14-12-21(13-15-22)20-10-6-3-7-11-20;27-23(28)22-15-25(30,17-26(22)24(29)31-16-18-7-3-1-4-8-18)21-13-11-20(12-14-21)19-9-5-2-6-10-19;1-2-3-4;;/h2-16,25H,1,17-20H2,(H,30,31);2-15,23,30H,16-18H2,1H3;1-14,22,30H,15-17H2,(H,27,28);2H,1,3H2;;1H2/q;;;;+1;/p-1/t25-,28-;23-,26-;22-,25-;;;/m000.../s1. The fourth-order valence-electron chi connectivity index (χ4n) is 12.3. The molecule has 3 amide bonds. The summed E-state index contributed by atoms with van der Waals surface area (Å²) in [6.07, 6.45) is 1.42. The van der Waals surface area contributed by atoms with Crippen LogP contribution in [0.1, 0.15) is 52.6 Å². The van der Waals surface area contributed by atoms with Gasteiger partial charge in [0.1, 0.15) is 54.7 Å². The average Bonchev–Trinajstić information content (AvgIpc) is 1.64. The second-order valence-electron chi connectivity index (χ2n) is 24.3. The molecule has 19 nitrogen and oxygen atoms in total. The van der Waals surface area contributed by atoms with E-state index in [1.54, 1.807) is 18.2 Å². The monoisotopic (exact) mass is 1500 g/mol. The Kier molecular flexibility index (Phi) is 30.2. The van der Waals surface area contributed by atoms with E-state index in [-0.39, 0.29) is 89.7 Å². The van der Waals surface area contributed by atoms with Crippen LogP contribution in [0.2, 0.25) is 0 Å². The van der Waals surface area contributed by atoms with Crippen molar-refractivity contribution in [2.24, 2.45) is 0 Å². The first-order chi connectivity index (χ1) is 48.9. The molecule has 9 aromatic carbocycles. The molecule has 103 heavy (non-hydrogen) atoms. The molecule has 3 aliphatic rings. The zero-order chi connectivity index (χ0) is 71.8. The summed E-state index contributed by atoms with van der Waals surface area (Å²) in [7, 11) is 1.27. The van der Waals surface area contributed by atoms with Crippen molar-refractivity contribution in [2.75, 3.05) is 37.8 Å². The Morgan fingerprint density at radius 3 is 1.02 bits per heavy atom. The molecule has 9 aromatic rings. The number of nitrogens with zero attached hydrogens (tertiary/aromatic N) is 3. The Morgan fingerprint density at radius 2 is 0.709 bits per heavy atom. The number of carboxylic acids is 2. The molecular weight excluding hydrogens is 1420 g/mol. The number of likely N-dealkylation sites (tertiary alicyclic amines) is 3. The van der Waals surface area contributed by atoms with E-state index in [0.717, 1.165) is 65.0 Å². The Bertz CT molecular complexity index is 4190. The second-order valence-corrected chi connectivity index (χ2v) is 25.2. The molecule has 0 aliphatic carbocycles. The summed E-state index contributed by atoms with van der Waals surface area (Å²) in [5, 5.41) is 42.1. The van der Waals surface area contributed by atoms with E-state index >= 15 is 0 Å². The zero-order valence-electron chi connectivity index (χ0n) is 57.3. The van der Waals surface area contributed by atoms with Crippen LogP contribution in [0.5, 0.6) is 0 Å². The summed E-state index contributed by atoms with van der Waals surface area (Å²) >= 11 is 2.23. The number of amides is 3. The fraction of sp³-hybridized carbons (Fsp3) is 0.220. The van der Waals surface area contributed by atoms with Gasteiger partial charge in [-0.15, -0.1) is 13.2 Å². The van der Waals surface area contributed by atoms with E-state index in [9.17, 15) is 49.2 Å². The van der Waals surface area contributed by atoms with Crippen molar-refractivity contribution in [3.63, 3.8) is 0 Å². The number of aliphatic hydroxyl groups is 2. The van der Waals surface area contributed by atoms with E-state index in [4.69, 9.17) is 23.7 Å². The molecule has 0 radical (unpaired) electrons. The number of ether oxygens (including phenoxy) is 5. The Balaban J connectivity index is 0.000000209. The molecule has 0 spiro atoms. The zero-order valence-corrected chi connectivity index (χ0v) is 59.4. The first-order valence-corrected chi connectivity index (χ1v) is 34.2. The van der Waals surface area contributed by atoms with Crippen LogP contribution in [0.4, 0.5) is 14.4 Å². The summed E-state index contributed by atoms with van der Waals surface area (Å²) in [6.45, 7) is 7.45. The number of carbonyl (C=O) groups is 6. The van der Waals surface area contributed by atoms with Crippen molar-refractivity contribution in [1.29, 1.82) is 0 Å². The number of methoxy groups -OCH3 is 1. The third-order valence-corrected chi connectivity index (χ3v) is 18.2. The largest absolute Gasteiger partial charge is 1.00 e. The molecule has 21 heteroatoms. The van der Waals surface area contributed by atoms with Crippen molar-refractivity contribution in [3.8, 4) is 33.4 Å². The molecule has 0 bridgehead atoms. The van der Waals surface area contributed by atoms with Crippen LogP contribution >= 0.6 is 22.6 Å². The van der Waals surface area contributed by atoms with Crippen LogP contribution in [-0.2, 0) is 74.7 Å². The Morgan fingerprint density at radius 1 is 0.427 bits per heavy atom. The molecular formula is C82H81ILiN3O16. The fourth-order valence-corrected chi connectivity index (χ4v) is 12.3. The average molecular weight is 1500 g/mol. The van der Waals surface area contributed by atoms with Gasteiger partial charge in [-0.3, -0.25) is 14.7 Å². The first-order valence-electron chi connectivity index (χ1n) is 32.7. The predicted molar refractivity (Wildman–Crippen MR) is 395 cm³/mol. The number of hydrogen-bond donors (Lipinski definition) is 4. The van der Waals surface area contributed by atoms with Crippen molar-refractivity contribution < 1.29 is 97.2 Å². The number of allylic oxidation sites excluding steroid dienone is 1. The van der Waals surface area contributed by atoms with Gasteiger partial charge in [0.25, 0.3) is 0 Å². The number of carbonyl (C=O) groups excluding carboxylic acids is 4. The molecule has 0 saturated carbocycles. The normalized spacial score (nSPS) is 19.1. The minimum atomic E-state index is -1.47. The third kappa shape index (κ3) is 21.2. The van der Waals surface area contributed by atoms with Crippen molar-refractivity contribution in [2.45, 2.75) is 74.0 Å². The molecule has 5 N–H and O–H groups in total. The van der Waals surface area contributed by atoms with Gasteiger partial charge in [0.2, 0.25) is 0 Å². The quantitative estimate of drug-likeness (QED) is 0.0146. The maximum Gasteiger partial charge on any atom is 1.00 e. The number of rotatable bonds is 19. The number of benzene rings is 9. The Hall–Kier alpha value is -10.2. The number of β-amino-alcohol motifs (C(OH)–C–C–N with tert-alkyl or cyclic N) is 2. The maximum atomic E-state index is 12.9. The van der Waals surface area contributed by atoms with Gasteiger partial charge in [-0.2, -0.15) is 0 Å². The molecule has 0 unspecified atom stereocenters. The van der Waals surface area contributed by atoms with Gasteiger partial charge in [-0.25, -0.2) is 28.8 Å². The summed E-state index contributed by atoms with van der Waals surface area (Å²) in [5.41, 5.74) is 6.84. The smallest absolute Gasteiger partial charge is 0.870 e. The summed E-state index contributed by atoms with van der Waals surface area (Å²) < 4.78 is 28.3. The topological polar surface area (TPSA) is 269 Å². The summed E-state index contributed by atoms with van der Waals surface area (Å²) in [6, 6.07) is 76.9. The minimum absolute atomic E-state index is 0. The van der Waals surface area contributed by atoms with E-state index in [1.807, 2.05) is 249 Å². The van der Waals surface area contributed by atoms with Gasteiger partial charge in [0.15, 0.2) is 0 Å². The predicted octanol–water partition coefficient (Wildman–Crippen LogP) is 11.8. The van der Waals surface area contributed by atoms with Crippen LogP contribution in [-0.4, -0.2) is 133 Å². The van der Waals surface area contributed by atoms with Gasteiger partial charge in [0.05, 0.1) is 33.4 Å². The van der Waals surface area contributed by atoms with Crippen LogP contribution in [0.15, 0.2) is 280 Å².